The minimum atomic E-state index is -0.857. The SMILES string of the molecule is Fc1ccc(-c2nn3c(c2-c2ccc4ncccc4c2)CCC3)cc1F. The number of rotatable bonds is 2. The summed E-state index contributed by atoms with van der Waals surface area (Å²) in [4.78, 5) is 4.37. The van der Waals surface area contributed by atoms with E-state index in [2.05, 4.69) is 11.1 Å². The van der Waals surface area contributed by atoms with E-state index in [1.165, 1.54) is 6.07 Å². The Morgan fingerprint density at radius 1 is 0.923 bits per heavy atom. The van der Waals surface area contributed by atoms with Crippen molar-refractivity contribution in [1.82, 2.24) is 14.8 Å². The largest absolute Gasteiger partial charge is 0.268 e. The topological polar surface area (TPSA) is 30.7 Å². The van der Waals surface area contributed by atoms with E-state index in [4.69, 9.17) is 5.10 Å². The van der Waals surface area contributed by atoms with E-state index < -0.39 is 11.6 Å². The Morgan fingerprint density at radius 2 is 1.81 bits per heavy atom. The first-order valence-electron chi connectivity index (χ1n) is 8.61. The maximum atomic E-state index is 13.8. The summed E-state index contributed by atoms with van der Waals surface area (Å²) < 4.78 is 29.1. The summed E-state index contributed by atoms with van der Waals surface area (Å²) >= 11 is 0. The lowest BCUT2D eigenvalue weighted by Gasteiger charge is -2.07. The maximum absolute atomic E-state index is 13.8. The van der Waals surface area contributed by atoms with Gasteiger partial charge >= 0.3 is 0 Å². The summed E-state index contributed by atoms with van der Waals surface area (Å²) in [6.07, 6.45) is 3.74. The van der Waals surface area contributed by atoms with Gasteiger partial charge in [0, 0.05) is 34.9 Å². The molecule has 0 spiro atoms. The number of aryl methyl sites for hydroxylation is 1. The van der Waals surface area contributed by atoms with Crippen LogP contribution in [0.1, 0.15) is 12.1 Å². The Hall–Kier alpha value is -3.08. The molecule has 5 heteroatoms. The molecular formula is C21H15F2N3. The van der Waals surface area contributed by atoms with Crippen molar-refractivity contribution in [2.75, 3.05) is 0 Å². The Morgan fingerprint density at radius 3 is 2.69 bits per heavy atom. The molecule has 0 amide bonds. The van der Waals surface area contributed by atoms with Crippen LogP contribution in [0.3, 0.4) is 0 Å². The van der Waals surface area contributed by atoms with Crippen molar-refractivity contribution in [3.8, 4) is 22.4 Å². The fourth-order valence-corrected chi connectivity index (χ4v) is 3.71. The van der Waals surface area contributed by atoms with Crippen LogP contribution in [0.4, 0.5) is 8.78 Å². The molecule has 1 aliphatic rings. The molecule has 0 saturated carbocycles. The minimum Gasteiger partial charge on any atom is -0.268 e. The van der Waals surface area contributed by atoms with Crippen LogP contribution in [-0.2, 0) is 13.0 Å². The zero-order valence-electron chi connectivity index (χ0n) is 13.9. The van der Waals surface area contributed by atoms with E-state index in [-0.39, 0.29) is 0 Å². The van der Waals surface area contributed by atoms with Crippen molar-refractivity contribution >= 4 is 10.9 Å². The number of benzene rings is 2. The molecule has 0 atom stereocenters. The van der Waals surface area contributed by atoms with Gasteiger partial charge in [-0.15, -0.1) is 0 Å². The van der Waals surface area contributed by atoms with Gasteiger partial charge in [0.05, 0.1) is 5.52 Å². The van der Waals surface area contributed by atoms with Gasteiger partial charge < -0.3 is 0 Å². The molecule has 3 heterocycles. The predicted octanol–water partition coefficient (Wildman–Crippen LogP) is 4.99. The second-order valence-electron chi connectivity index (χ2n) is 6.54. The predicted molar refractivity (Wildman–Crippen MR) is 96.6 cm³/mol. The van der Waals surface area contributed by atoms with Crippen molar-refractivity contribution in [2.45, 2.75) is 19.4 Å². The van der Waals surface area contributed by atoms with Gasteiger partial charge in [-0.25, -0.2) is 8.78 Å². The molecule has 0 saturated heterocycles. The second-order valence-corrected chi connectivity index (χ2v) is 6.54. The average molecular weight is 347 g/mol. The maximum Gasteiger partial charge on any atom is 0.159 e. The molecule has 0 fully saturated rings. The van der Waals surface area contributed by atoms with Gasteiger partial charge in [-0.1, -0.05) is 12.1 Å². The van der Waals surface area contributed by atoms with Crippen LogP contribution >= 0.6 is 0 Å². The number of nitrogens with zero attached hydrogens (tertiary/aromatic N) is 3. The van der Waals surface area contributed by atoms with Crippen molar-refractivity contribution in [3.05, 3.63) is 72.1 Å². The highest BCUT2D eigenvalue weighted by atomic mass is 19.2. The average Bonchev–Trinajstić information content (AvgIpc) is 3.24. The molecule has 0 unspecified atom stereocenters. The summed E-state index contributed by atoms with van der Waals surface area (Å²) in [6.45, 7) is 0.848. The summed E-state index contributed by atoms with van der Waals surface area (Å²) in [6, 6.07) is 14.0. The lowest BCUT2D eigenvalue weighted by Crippen LogP contribution is -1.94. The van der Waals surface area contributed by atoms with Gasteiger partial charge in [0.2, 0.25) is 0 Å². The fraction of sp³-hybridized carbons (Fsp3) is 0.143. The highest BCUT2D eigenvalue weighted by Crippen LogP contribution is 2.38. The summed E-state index contributed by atoms with van der Waals surface area (Å²) in [7, 11) is 0. The Balaban J connectivity index is 1.75. The minimum absolute atomic E-state index is 0.590. The third-order valence-electron chi connectivity index (χ3n) is 4.93. The van der Waals surface area contributed by atoms with E-state index in [0.717, 1.165) is 53.2 Å². The van der Waals surface area contributed by atoms with Crippen molar-refractivity contribution in [3.63, 3.8) is 0 Å². The zero-order valence-corrected chi connectivity index (χ0v) is 13.9. The van der Waals surface area contributed by atoms with E-state index >= 15 is 0 Å². The van der Waals surface area contributed by atoms with Gasteiger partial charge in [-0.3, -0.25) is 9.67 Å². The van der Waals surface area contributed by atoms with E-state index in [1.807, 2.05) is 28.9 Å². The normalized spacial score (nSPS) is 13.3. The molecule has 5 rings (SSSR count). The molecule has 3 nitrogen and oxygen atoms in total. The zero-order chi connectivity index (χ0) is 17.7. The number of fused-ring (bicyclic) bond motifs is 2. The van der Waals surface area contributed by atoms with Crippen molar-refractivity contribution in [1.29, 1.82) is 0 Å². The van der Waals surface area contributed by atoms with Crippen LogP contribution in [-0.4, -0.2) is 14.8 Å². The smallest absolute Gasteiger partial charge is 0.159 e. The number of hydrogen-bond donors (Lipinski definition) is 0. The second kappa shape index (κ2) is 5.73. The lowest BCUT2D eigenvalue weighted by atomic mass is 9.96. The Bertz CT molecular complexity index is 1150. The summed E-state index contributed by atoms with van der Waals surface area (Å²) in [5.41, 5.74) is 5.38. The highest BCUT2D eigenvalue weighted by Gasteiger charge is 2.24. The first kappa shape index (κ1) is 15.2. The van der Waals surface area contributed by atoms with E-state index in [0.29, 0.717) is 11.3 Å². The highest BCUT2D eigenvalue weighted by molar-refractivity contribution is 5.89. The standard InChI is InChI=1S/C21H15F2N3/c22-16-7-5-15(12-17(16)23)21-20(19-4-2-10-26(19)25-21)14-6-8-18-13(11-14)3-1-9-24-18/h1,3,5-9,11-12H,2,4,10H2. The molecule has 2 aromatic carbocycles. The molecule has 0 N–H and O–H groups in total. The number of halogens is 2. The molecule has 1 aliphatic heterocycles. The molecule has 2 aromatic heterocycles. The lowest BCUT2D eigenvalue weighted by molar-refractivity contribution is 0.509. The molecule has 4 aromatic rings. The molecule has 128 valence electrons. The van der Waals surface area contributed by atoms with Gasteiger partial charge in [0.15, 0.2) is 11.6 Å². The van der Waals surface area contributed by atoms with Gasteiger partial charge in [-0.2, -0.15) is 5.10 Å². The molecular weight excluding hydrogens is 332 g/mol. The summed E-state index contributed by atoms with van der Waals surface area (Å²) in [5.74, 6) is -1.71. The van der Waals surface area contributed by atoms with Gasteiger partial charge in [-0.05, 0) is 54.8 Å². The van der Waals surface area contributed by atoms with Gasteiger partial charge in [0.25, 0.3) is 0 Å². The first-order valence-corrected chi connectivity index (χ1v) is 8.61. The van der Waals surface area contributed by atoms with E-state index in [1.54, 1.807) is 12.3 Å². The van der Waals surface area contributed by atoms with Crippen LogP contribution < -0.4 is 0 Å². The summed E-state index contributed by atoms with van der Waals surface area (Å²) in [5, 5.41) is 5.74. The van der Waals surface area contributed by atoms with Crippen LogP contribution in [0, 0.1) is 11.6 Å². The number of hydrogen-bond acceptors (Lipinski definition) is 2. The van der Waals surface area contributed by atoms with Crippen molar-refractivity contribution < 1.29 is 8.78 Å². The quantitative estimate of drug-likeness (QED) is 0.511. The van der Waals surface area contributed by atoms with Crippen LogP contribution in [0.25, 0.3) is 33.3 Å². The molecule has 0 bridgehead atoms. The van der Waals surface area contributed by atoms with Crippen LogP contribution in [0.5, 0.6) is 0 Å². The number of aromatic nitrogens is 3. The third-order valence-corrected chi connectivity index (χ3v) is 4.93. The Kier molecular flexibility index (Phi) is 3.35. The Labute approximate surface area is 148 Å². The van der Waals surface area contributed by atoms with Crippen LogP contribution in [0.15, 0.2) is 54.7 Å². The molecule has 0 radical (unpaired) electrons. The first-order chi connectivity index (χ1) is 12.7. The third kappa shape index (κ3) is 2.31. The van der Waals surface area contributed by atoms with Gasteiger partial charge in [0.1, 0.15) is 5.69 Å². The van der Waals surface area contributed by atoms with Crippen molar-refractivity contribution in [2.24, 2.45) is 0 Å². The molecule has 26 heavy (non-hydrogen) atoms. The monoisotopic (exact) mass is 347 g/mol. The molecule has 0 aliphatic carbocycles. The number of pyridine rings is 1. The van der Waals surface area contributed by atoms with E-state index in [9.17, 15) is 8.78 Å². The fourth-order valence-electron chi connectivity index (χ4n) is 3.71. The van der Waals surface area contributed by atoms with Crippen LogP contribution in [0.2, 0.25) is 0 Å².